The minimum atomic E-state index is 0.269. The van der Waals surface area contributed by atoms with Crippen LogP contribution in [0.15, 0.2) is 0 Å². The molecule has 2 rings (SSSR count). The van der Waals surface area contributed by atoms with E-state index in [-0.39, 0.29) is 5.54 Å². The Hall–Kier alpha value is -0.120. The topological polar surface area (TPSA) is 38.5 Å². The summed E-state index contributed by atoms with van der Waals surface area (Å²) in [5, 5.41) is 0. The van der Waals surface area contributed by atoms with Crippen LogP contribution in [-0.4, -0.2) is 42.8 Å². The fourth-order valence-electron chi connectivity index (χ4n) is 3.14. The van der Waals surface area contributed by atoms with Gasteiger partial charge in [0.25, 0.3) is 0 Å². The van der Waals surface area contributed by atoms with Gasteiger partial charge < -0.3 is 10.5 Å². The fraction of sp³-hybridized carbons (Fsp3) is 1.00. The second-order valence-corrected chi connectivity index (χ2v) is 4.54. The first-order valence-corrected chi connectivity index (χ1v) is 5.88. The van der Waals surface area contributed by atoms with Gasteiger partial charge in [0.1, 0.15) is 0 Å². The summed E-state index contributed by atoms with van der Waals surface area (Å²) in [4.78, 5) is 2.58. The van der Waals surface area contributed by atoms with Crippen LogP contribution in [0.1, 0.15) is 32.6 Å². The Morgan fingerprint density at radius 2 is 2.29 bits per heavy atom. The molecular formula is C11H22N2O. The van der Waals surface area contributed by atoms with Gasteiger partial charge in [0, 0.05) is 31.3 Å². The van der Waals surface area contributed by atoms with Gasteiger partial charge >= 0.3 is 0 Å². The van der Waals surface area contributed by atoms with Gasteiger partial charge in [-0.1, -0.05) is 6.92 Å². The van der Waals surface area contributed by atoms with Crippen LogP contribution in [0.25, 0.3) is 0 Å². The van der Waals surface area contributed by atoms with E-state index in [1.54, 1.807) is 0 Å². The van der Waals surface area contributed by atoms with Crippen molar-refractivity contribution in [1.82, 2.24) is 4.90 Å². The Morgan fingerprint density at radius 1 is 1.43 bits per heavy atom. The van der Waals surface area contributed by atoms with Gasteiger partial charge in [-0.25, -0.2) is 0 Å². The van der Waals surface area contributed by atoms with E-state index in [0.717, 1.165) is 32.6 Å². The van der Waals surface area contributed by atoms with Gasteiger partial charge in [-0.05, 0) is 32.2 Å². The minimum absolute atomic E-state index is 0.269. The first-order chi connectivity index (χ1) is 6.79. The molecule has 3 heteroatoms. The molecule has 3 nitrogen and oxygen atoms in total. The van der Waals surface area contributed by atoms with E-state index in [2.05, 4.69) is 11.8 Å². The molecule has 0 bridgehead atoms. The van der Waals surface area contributed by atoms with Gasteiger partial charge in [0.15, 0.2) is 0 Å². The first kappa shape index (κ1) is 10.4. The van der Waals surface area contributed by atoms with Crippen LogP contribution in [0.3, 0.4) is 0 Å². The fourth-order valence-corrected chi connectivity index (χ4v) is 3.14. The molecule has 0 aromatic rings. The molecule has 2 aliphatic rings. The van der Waals surface area contributed by atoms with Crippen molar-refractivity contribution < 1.29 is 4.74 Å². The molecule has 2 fully saturated rings. The third kappa shape index (κ3) is 1.58. The summed E-state index contributed by atoms with van der Waals surface area (Å²) in [5.74, 6) is 0. The van der Waals surface area contributed by atoms with Crippen molar-refractivity contribution in [3.63, 3.8) is 0 Å². The van der Waals surface area contributed by atoms with Crippen LogP contribution in [0.4, 0.5) is 0 Å². The van der Waals surface area contributed by atoms with E-state index < -0.39 is 0 Å². The number of likely N-dealkylation sites (tertiary alicyclic amines) is 1. The number of ether oxygens (including phenoxy) is 1. The van der Waals surface area contributed by atoms with E-state index in [1.165, 1.54) is 19.4 Å². The highest BCUT2D eigenvalue weighted by Gasteiger charge is 2.45. The monoisotopic (exact) mass is 198 g/mol. The van der Waals surface area contributed by atoms with E-state index in [0.29, 0.717) is 6.04 Å². The molecule has 0 saturated carbocycles. The number of hydrogen-bond acceptors (Lipinski definition) is 3. The van der Waals surface area contributed by atoms with Crippen LogP contribution < -0.4 is 5.73 Å². The maximum absolute atomic E-state index is 6.28. The van der Waals surface area contributed by atoms with Crippen molar-refractivity contribution in [3.05, 3.63) is 0 Å². The average Bonchev–Trinajstić information content (AvgIpc) is 2.42. The van der Waals surface area contributed by atoms with E-state index in [9.17, 15) is 0 Å². The Bertz CT molecular complexity index is 188. The molecule has 0 aromatic carbocycles. The highest BCUT2D eigenvalue weighted by Crippen LogP contribution is 2.36. The normalized spacial score (nSPS) is 40.3. The summed E-state index contributed by atoms with van der Waals surface area (Å²) in [7, 11) is 0. The highest BCUT2D eigenvalue weighted by atomic mass is 16.5. The minimum Gasteiger partial charge on any atom is -0.381 e. The molecule has 2 N–H and O–H groups in total. The van der Waals surface area contributed by atoms with E-state index in [1.807, 2.05) is 0 Å². The Kier molecular flexibility index (Phi) is 3.10. The Labute approximate surface area is 86.6 Å². The lowest BCUT2D eigenvalue weighted by Gasteiger charge is -2.40. The van der Waals surface area contributed by atoms with E-state index >= 15 is 0 Å². The molecule has 82 valence electrons. The smallest absolute Gasteiger partial charge is 0.0484 e. The van der Waals surface area contributed by atoms with Crippen LogP contribution in [-0.2, 0) is 4.74 Å². The third-order valence-corrected chi connectivity index (χ3v) is 3.99. The molecule has 2 unspecified atom stereocenters. The van der Waals surface area contributed by atoms with Gasteiger partial charge in [-0.15, -0.1) is 0 Å². The zero-order valence-corrected chi connectivity index (χ0v) is 9.17. The zero-order chi connectivity index (χ0) is 10.0. The quantitative estimate of drug-likeness (QED) is 0.682. The number of nitrogens with zero attached hydrogens (tertiary/aromatic N) is 1. The molecule has 0 radical (unpaired) electrons. The first-order valence-electron chi connectivity index (χ1n) is 5.88. The predicted octanol–water partition coefficient (Wildman–Crippen LogP) is 0.979. The van der Waals surface area contributed by atoms with Crippen LogP contribution in [0.2, 0.25) is 0 Å². The second kappa shape index (κ2) is 4.17. The third-order valence-electron chi connectivity index (χ3n) is 3.99. The largest absolute Gasteiger partial charge is 0.381 e. The summed E-state index contributed by atoms with van der Waals surface area (Å²) in [5.41, 5.74) is 6.55. The second-order valence-electron chi connectivity index (χ2n) is 4.54. The molecule has 2 heterocycles. The average molecular weight is 198 g/mol. The van der Waals surface area contributed by atoms with Crippen molar-refractivity contribution in [1.29, 1.82) is 0 Å². The lowest BCUT2D eigenvalue weighted by Crippen LogP contribution is -2.53. The van der Waals surface area contributed by atoms with Gasteiger partial charge in [-0.2, -0.15) is 0 Å². The molecule has 2 atom stereocenters. The number of nitrogens with two attached hydrogens (primary N) is 1. The molecular weight excluding hydrogens is 176 g/mol. The SMILES string of the molecule is CCN1CCC(N)C12CCCOCC2. The molecule has 0 aliphatic carbocycles. The summed E-state index contributed by atoms with van der Waals surface area (Å²) < 4.78 is 5.54. The summed E-state index contributed by atoms with van der Waals surface area (Å²) >= 11 is 0. The number of hydrogen-bond donors (Lipinski definition) is 1. The van der Waals surface area contributed by atoms with Crippen LogP contribution in [0.5, 0.6) is 0 Å². The van der Waals surface area contributed by atoms with Crippen molar-refractivity contribution in [2.75, 3.05) is 26.3 Å². The molecule has 0 amide bonds. The van der Waals surface area contributed by atoms with Crippen LogP contribution >= 0.6 is 0 Å². The lowest BCUT2D eigenvalue weighted by molar-refractivity contribution is 0.0919. The van der Waals surface area contributed by atoms with Crippen molar-refractivity contribution >= 4 is 0 Å². The standard InChI is InChI=1S/C11H22N2O/c1-2-13-7-4-10(12)11(13)5-3-8-14-9-6-11/h10H,2-9,12H2,1H3. The Balaban J connectivity index is 2.15. The summed E-state index contributed by atoms with van der Waals surface area (Å²) in [6, 6.07) is 0.365. The molecule has 14 heavy (non-hydrogen) atoms. The summed E-state index contributed by atoms with van der Waals surface area (Å²) in [6.07, 6.45) is 4.68. The maximum Gasteiger partial charge on any atom is 0.0484 e. The maximum atomic E-state index is 6.28. The van der Waals surface area contributed by atoms with Gasteiger partial charge in [0.2, 0.25) is 0 Å². The molecule has 2 saturated heterocycles. The number of rotatable bonds is 1. The molecule has 0 aromatic heterocycles. The van der Waals surface area contributed by atoms with Gasteiger partial charge in [-0.3, -0.25) is 4.90 Å². The van der Waals surface area contributed by atoms with E-state index in [4.69, 9.17) is 10.5 Å². The lowest BCUT2D eigenvalue weighted by atomic mass is 9.84. The van der Waals surface area contributed by atoms with Crippen LogP contribution in [0, 0.1) is 0 Å². The summed E-state index contributed by atoms with van der Waals surface area (Å²) in [6.45, 7) is 6.37. The number of likely N-dealkylation sites (N-methyl/N-ethyl adjacent to an activating group) is 1. The molecule has 1 spiro atoms. The van der Waals surface area contributed by atoms with Gasteiger partial charge in [0.05, 0.1) is 0 Å². The predicted molar refractivity (Wildman–Crippen MR) is 57.2 cm³/mol. The van der Waals surface area contributed by atoms with Crippen molar-refractivity contribution in [2.24, 2.45) is 5.73 Å². The Morgan fingerprint density at radius 3 is 3.07 bits per heavy atom. The van der Waals surface area contributed by atoms with Crippen molar-refractivity contribution in [2.45, 2.75) is 44.2 Å². The van der Waals surface area contributed by atoms with Crippen molar-refractivity contribution in [3.8, 4) is 0 Å². The highest BCUT2D eigenvalue weighted by molar-refractivity contribution is 5.04. The zero-order valence-electron chi connectivity index (χ0n) is 9.17. The molecule has 2 aliphatic heterocycles.